The molecule has 2 heteroatoms. The summed E-state index contributed by atoms with van der Waals surface area (Å²) in [6, 6.07) is 21.6. The highest BCUT2D eigenvalue weighted by Gasteiger charge is 2.49. The molecule has 0 atom stereocenters. The fourth-order valence-electron chi connectivity index (χ4n) is 3.70. The zero-order valence-corrected chi connectivity index (χ0v) is 18.4. The van der Waals surface area contributed by atoms with Crippen molar-refractivity contribution in [3.63, 3.8) is 0 Å². The first kappa shape index (κ1) is 21.4. The molecule has 2 aromatic rings. The lowest BCUT2D eigenvalue weighted by Crippen LogP contribution is -2.66. The van der Waals surface area contributed by atoms with Crippen molar-refractivity contribution in [2.45, 2.75) is 52.0 Å². The molecule has 2 rings (SSSR count). The summed E-state index contributed by atoms with van der Waals surface area (Å²) in [5.74, 6) is 0. The number of hydrogen-bond donors (Lipinski definition) is 0. The summed E-state index contributed by atoms with van der Waals surface area (Å²) < 4.78 is 6.90. The van der Waals surface area contributed by atoms with E-state index in [2.05, 4.69) is 102 Å². The summed E-state index contributed by atoms with van der Waals surface area (Å²) in [6.07, 6.45) is 2.89. The van der Waals surface area contributed by atoms with E-state index in [1.165, 1.54) is 10.4 Å². The minimum absolute atomic E-state index is 0.0275. The van der Waals surface area contributed by atoms with E-state index in [4.69, 9.17) is 4.43 Å². The van der Waals surface area contributed by atoms with E-state index in [0.29, 0.717) is 0 Å². The van der Waals surface area contributed by atoms with Gasteiger partial charge in [-0.1, -0.05) is 113 Å². The Hall–Kier alpha value is -1.90. The Bertz CT molecular complexity index is 701. The van der Waals surface area contributed by atoms with Crippen molar-refractivity contribution in [1.29, 1.82) is 0 Å². The standard InChI is InChI=1S/C25H34OSi/c1-7-21(2)22(3)15-14-20-26-27(25(4,5)6,23-16-10-8-11-17-23)24-18-12-9-13-19-24/h8-13,16-19H,2-3,7,14-15,20H2,1,4-6H3. The molecule has 0 unspecified atom stereocenters. The number of benzene rings is 2. The third kappa shape index (κ3) is 4.88. The Balaban J connectivity index is 2.33. The highest BCUT2D eigenvalue weighted by Crippen LogP contribution is 2.36. The van der Waals surface area contributed by atoms with Gasteiger partial charge in [-0.05, 0) is 34.7 Å². The predicted octanol–water partition coefficient (Wildman–Crippen LogP) is 5.87. The second-order valence-corrected chi connectivity index (χ2v) is 12.5. The van der Waals surface area contributed by atoms with Crippen LogP contribution in [0.4, 0.5) is 0 Å². The maximum atomic E-state index is 6.90. The summed E-state index contributed by atoms with van der Waals surface area (Å²) in [5, 5.41) is 2.70. The van der Waals surface area contributed by atoms with Gasteiger partial charge >= 0.3 is 0 Å². The molecule has 0 aliphatic rings. The Morgan fingerprint density at radius 1 is 0.852 bits per heavy atom. The van der Waals surface area contributed by atoms with E-state index in [1.807, 2.05) is 0 Å². The molecule has 27 heavy (non-hydrogen) atoms. The van der Waals surface area contributed by atoms with Crippen molar-refractivity contribution >= 4 is 18.7 Å². The molecule has 0 saturated heterocycles. The lowest BCUT2D eigenvalue weighted by atomic mass is 10.0. The molecule has 0 spiro atoms. The van der Waals surface area contributed by atoms with Crippen molar-refractivity contribution in [3.05, 3.63) is 85.0 Å². The fraction of sp³-hybridized carbons (Fsp3) is 0.360. The highest BCUT2D eigenvalue weighted by molar-refractivity contribution is 6.99. The second-order valence-electron chi connectivity index (χ2n) is 8.18. The molecule has 0 N–H and O–H groups in total. The largest absolute Gasteiger partial charge is 0.407 e. The molecule has 1 nitrogen and oxygen atoms in total. The SMILES string of the molecule is C=C(CC)C(=C)CCCO[Si](c1ccccc1)(c1ccccc1)C(C)(C)C. The molecule has 0 amide bonds. The monoisotopic (exact) mass is 378 g/mol. The van der Waals surface area contributed by atoms with Gasteiger partial charge in [0.2, 0.25) is 0 Å². The lowest BCUT2D eigenvalue weighted by Gasteiger charge is -2.43. The fourth-order valence-corrected chi connectivity index (χ4v) is 8.31. The summed E-state index contributed by atoms with van der Waals surface area (Å²) in [7, 11) is -2.41. The molecule has 0 aromatic heterocycles. The van der Waals surface area contributed by atoms with Crippen LogP contribution < -0.4 is 10.4 Å². The molecular formula is C25H34OSi. The van der Waals surface area contributed by atoms with Gasteiger partial charge in [0.15, 0.2) is 0 Å². The van der Waals surface area contributed by atoms with Crippen molar-refractivity contribution in [2.75, 3.05) is 6.61 Å². The van der Waals surface area contributed by atoms with Gasteiger partial charge in [0.25, 0.3) is 8.32 Å². The summed E-state index contributed by atoms with van der Waals surface area (Å²) in [6.45, 7) is 18.1. The smallest absolute Gasteiger partial charge is 0.261 e. The number of allylic oxidation sites excluding steroid dienone is 2. The summed E-state index contributed by atoms with van der Waals surface area (Å²) in [4.78, 5) is 0. The number of rotatable bonds is 9. The molecule has 0 radical (unpaired) electrons. The average molecular weight is 379 g/mol. The van der Waals surface area contributed by atoms with E-state index in [9.17, 15) is 0 Å². The lowest BCUT2D eigenvalue weighted by molar-refractivity contribution is 0.292. The Morgan fingerprint density at radius 2 is 1.33 bits per heavy atom. The van der Waals surface area contributed by atoms with Crippen LogP contribution in [0.15, 0.2) is 85.0 Å². The molecule has 0 aliphatic heterocycles. The van der Waals surface area contributed by atoms with E-state index in [-0.39, 0.29) is 5.04 Å². The molecule has 0 saturated carbocycles. The Kier molecular flexibility index (Phi) is 7.40. The molecule has 0 heterocycles. The van der Waals surface area contributed by atoms with Gasteiger partial charge in [0, 0.05) is 6.61 Å². The highest BCUT2D eigenvalue weighted by atomic mass is 28.4. The first-order chi connectivity index (χ1) is 12.8. The molecule has 0 aliphatic carbocycles. The normalized spacial score (nSPS) is 12.0. The Labute approximate surface area is 166 Å². The maximum Gasteiger partial charge on any atom is 0.261 e. The molecule has 2 aromatic carbocycles. The van der Waals surface area contributed by atoms with Crippen molar-refractivity contribution in [3.8, 4) is 0 Å². The minimum Gasteiger partial charge on any atom is -0.407 e. The average Bonchev–Trinajstić information content (AvgIpc) is 2.67. The van der Waals surface area contributed by atoms with Crippen LogP contribution in [0.25, 0.3) is 0 Å². The molecule has 144 valence electrons. The van der Waals surface area contributed by atoms with Crippen LogP contribution in [0.2, 0.25) is 5.04 Å². The van der Waals surface area contributed by atoms with Crippen LogP contribution in [0.1, 0.15) is 47.0 Å². The van der Waals surface area contributed by atoms with E-state index < -0.39 is 8.32 Å². The van der Waals surface area contributed by atoms with Gasteiger partial charge in [0.05, 0.1) is 0 Å². The molecule has 0 bridgehead atoms. The summed E-state index contributed by atoms with van der Waals surface area (Å²) in [5.41, 5.74) is 2.31. The van der Waals surface area contributed by atoms with E-state index >= 15 is 0 Å². The Morgan fingerprint density at radius 3 is 1.74 bits per heavy atom. The first-order valence-electron chi connectivity index (χ1n) is 9.94. The van der Waals surface area contributed by atoms with Gasteiger partial charge in [-0.25, -0.2) is 0 Å². The van der Waals surface area contributed by atoms with Crippen LogP contribution >= 0.6 is 0 Å². The minimum atomic E-state index is -2.41. The van der Waals surface area contributed by atoms with Crippen molar-refractivity contribution in [2.24, 2.45) is 0 Å². The summed E-state index contributed by atoms with van der Waals surface area (Å²) >= 11 is 0. The van der Waals surface area contributed by atoms with E-state index in [1.54, 1.807) is 0 Å². The third-order valence-corrected chi connectivity index (χ3v) is 10.3. The van der Waals surface area contributed by atoms with Crippen molar-refractivity contribution < 1.29 is 4.43 Å². The van der Waals surface area contributed by atoms with Crippen LogP contribution in [-0.4, -0.2) is 14.9 Å². The van der Waals surface area contributed by atoms with Crippen LogP contribution in [0.3, 0.4) is 0 Å². The number of hydrogen-bond acceptors (Lipinski definition) is 1. The van der Waals surface area contributed by atoms with Gasteiger partial charge in [-0.2, -0.15) is 0 Å². The van der Waals surface area contributed by atoms with Gasteiger partial charge in [0.1, 0.15) is 0 Å². The van der Waals surface area contributed by atoms with E-state index in [0.717, 1.165) is 37.0 Å². The molecular weight excluding hydrogens is 344 g/mol. The predicted molar refractivity (Wildman–Crippen MR) is 121 cm³/mol. The topological polar surface area (TPSA) is 9.23 Å². The van der Waals surface area contributed by atoms with Crippen molar-refractivity contribution in [1.82, 2.24) is 0 Å². The first-order valence-corrected chi connectivity index (χ1v) is 11.8. The van der Waals surface area contributed by atoms with Gasteiger partial charge in [-0.3, -0.25) is 0 Å². The van der Waals surface area contributed by atoms with Crippen LogP contribution in [0.5, 0.6) is 0 Å². The zero-order valence-electron chi connectivity index (χ0n) is 17.4. The quantitative estimate of drug-likeness (QED) is 0.301. The maximum absolute atomic E-state index is 6.90. The van der Waals surface area contributed by atoms with Crippen LogP contribution in [-0.2, 0) is 4.43 Å². The van der Waals surface area contributed by atoms with Gasteiger partial charge < -0.3 is 4.43 Å². The van der Waals surface area contributed by atoms with Gasteiger partial charge in [-0.15, -0.1) is 0 Å². The zero-order chi connectivity index (χ0) is 19.9. The third-order valence-electron chi connectivity index (χ3n) is 5.29. The molecule has 0 fully saturated rings. The van der Waals surface area contributed by atoms with Crippen LogP contribution in [0, 0.1) is 0 Å². The second kappa shape index (κ2) is 9.34.